The second-order valence-electron chi connectivity index (χ2n) is 5.41. The zero-order valence-electron chi connectivity index (χ0n) is 11.5. The summed E-state index contributed by atoms with van der Waals surface area (Å²) in [6.07, 6.45) is 6.82. The molecule has 1 aromatic carbocycles. The molecule has 1 saturated carbocycles. The minimum absolute atomic E-state index is 0.698. The van der Waals surface area contributed by atoms with Gasteiger partial charge in [0.15, 0.2) is 0 Å². The Balaban J connectivity index is 1.85. The van der Waals surface area contributed by atoms with E-state index >= 15 is 0 Å². The van der Waals surface area contributed by atoms with Gasteiger partial charge < -0.3 is 5.32 Å². The predicted octanol–water partition coefficient (Wildman–Crippen LogP) is 4.26. The Hall–Kier alpha value is -1.08. The molecule has 0 heterocycles. The summed E-state index contributed by atoms with van der Waals surface area (Å²) in [5.41, 5.74) is 2.46. The van der Waals surface area contributed by atoms with Gasteiger partial charge in [-0.3, -0.25) is 0 Å². The highest BCUT2D eigenvalue weighted by Crippen LogP contribution is 2.27. The second kappa shape index (κ2) is 6.75. The molecule has 0 spiro atoms. The number of rotatable bonds is 5. The summed E-state index contributed by atoms with van der Waals surface area (Å²) in [5.74, 6) is 0.863. The molecule has 0 aliphatic heterocycles. The molecule has 1 aliphatic rings. The molecule has 1 N–H and O–H groups in total. The van der Waals surface area contributed by atoms with Crippen molar-refractivity contribution in [3.8, 4) is 0 Å². The average Bonchev–Trinajstić information content (AvgIpc) is 2.46. The van der Waals surface area contributed by atoms with Crippen molar-refractivity contribution in [2.24, 2.45) is 5.92 Å². The van der Waals surface area contributed by atoms with Crippen LogP contribution in [0.15, 0.2) is 36.9 Å². The van der Waals surface area contributed by atoms with Gasteiger partial charge in [0.25, 0.3) is 0 Å². The van der Waals surface area contributed by atoms with Crippen LogP contribution in [0.4, 0.5) is 0 Å². The fraction of sp³-hybridized carbons (Fsp3) is 0.529. The molecule has 1 fully saturated rings. The standard InChI is InChI=1S/C17H25N/c1-3-15-9-7-8-12-17(15)18-13-14(2)16-10-5-4-6-11-16/h4-6,10-11,15,17-18H,2-3,7-9,12-13H2,1H3. The SMILES string of the molecule is C=C(CNC1CCCCC1CC)c1ccccc1. The van der Waals surface area contributed by atoms with Crippen LogP contribution in [-0.4, -0.2) is 12.6 Å². The Morgan fingerprint density at radius 3 is 2.67 bits per heavy atom. The smallest absolute Gasteiger partial charge is 0.0208 e. The molecular formula is C17H25N. The van der Waals surface area contributed by atoms with Crippen LogP contribution in [0, 0.1) is 5.92 Å². The van der Waals surface area contributed by atoms with E-state index < -0.39 is 0 Å². The van der Waals surface area contributed by atoms with E-state index in [1.807, 2.05) is 0 Å². The van der Waals surface area contributed by atoms with Crippen molar-refractivity contribution < 1.29 is 0 Å². The summed E-state index contributed by atoms with van der Waals surface area (Å²) < 4.78 is 0. The maximum atomic E-state index is 4.20. The minimum Gasteiger partial charge on any atom is -0.310 e. The fourth-order valence-corrected chi connectivity index (χ4v) is 3.00. The van der Waals surface area contributed by atoms with E-state index in [1.165, 1.54) is 43.2 Å². The highest BCUT2D eigenvalue weighted by molar-refractivity contribution is 5.64. The molecule has 0 amide bonds. The molecule has 1 aliphatic carbocycles. The van der Waals surface area contributed by atoms with Crippen LogP contribution >= 0.6 is 0 Å². The lowest BCUT2D eigenvalue weighted by Gasteiger charge is -2.32. The summed E-state index contributed by atoms with van der Waals surface area (Å²) in [7, 11) is 0. The first-order chi connectivity index (χ1) is 8.81. The van der Waals surface area contributed by atoms with E-state index in [0.717, 1.165) is 12.5 Å². The molecule has 0 bridgehead atoms. The van der Waals surface area contributed by atoms with Gasteiger partial charge in [-0.15, -0.1) is 0 Å². The zero-order chi connectivity index (χ0) is 12.8. The Morgan fingerprint density at radius 2 is 1.94 bits per heavy atom. The van der Waals surface area contributed by atoms with Gasteiger partial charge in [0.2, 0.25) is 0 Å². The molecule has 1 heteroatoms. The molecule has 0 radical (unpaired) electrons. The summed E-state index contributed by atoms with van der Waals surface area (Å²) in [4.78, 5) is 0. The van der Waals surface area contributed by atoms with E-state index in [-0.39, 0.29) is 0 Å². The van der Waals surface area contributed by atoms with Crippen molar-refractivity contribution in [2.75, 3.05) is 6.54 Å². The van der Waals surface area contributed by atoms with Gasteiger partial charge in [-0.1, -0.05) is 63.1 Å². The van der Waals surface area contributed by atoms with Gasteiger partial charge in [-0.25, -0.2) is 0 Å². The van der Waals surface area contributed by atoms with Crippen LogP contribution < -0.4 is 5.32 Å². The third kappa shape index (κ3) is 3.46. The van der Waals surface area contributed by atoms with E-state index in [9.17, 15) is 0 Å². The monoisotopic (exact) mass is 243 g/mol. The fourth-order valence-electron chi connectivity index (χ4n) is 3.00. The van der Waals surface area contributed by atoms with Crippen molar-refractivity contribution in [3.05, 3.63) is 42.5 Å². The van der Waals surface area contributed by atoms with Crippen molar-refractivity contribution in [3.63, 3.8) is 0 Å². The normalized spacial score (nSPS) is 23.8. The van der Waals surface area contributed by atoms with Gasteiger partial charge in [-0.2, -0.15) is 0 Å². The molecular weight excluding hydrogens is 218 g/mol. The minimum atomic E-state index is 0.698. The Bertz CT molecular complexity index is 368. The molecule has 2 atom stereocenters. The molecule has 98 valence electrons. The zero-order valence-corrected chi connectivity index (χ0v) is 11.5. The van der Waals surface area contributed by atoms with Crippen molar-refractivity contribution in [1.29, 1.82) is 0 Å². The maximum absolute atomic E-state index is 4.20. The highest BCUT2D eigenvalue weighted by atomic mass is 14.9. The van der Waals surface area contributed by atoms with Gasteiger partial charge in [-0.05, 0) is 29.9 Å². The van der Waals surface area contributed by atoms with Crippen LogP contribution in [0.5, 0.6) is 0 Å². The Morgan fingerprint density at radius 1 is 1.22 bits per heavy atom. The first kappa shape index (κ1) is 13.4. The summed E-state index contributed by atoms with van der Waals surface area (Å²) in [6.45, 7) is 7.44. The third-order valence-corrected chi connectivity index (χ3v) is 4.19. The Kier molecular flexibility index (Phi) is 5.00. The lowest BCUT2D eigenvalue weighted by Crippen LogP contribution is -2.38. The van der Waals surface area contributed by atoms with Crippen molar-refractivity contribution in [1.82, 2.24) is 5.32 Å². The van der Waals surface area contributed by atoms with Gasteiger partial charge in [0.1, 0.15) is 0 Å². The average molecular weight is 243 g/mol. The molecule has 2 unspecified atom stereocenters. The van der Waals surface area contributed by atoms with E-state index in [4.69, 9.17) is 0 Å². The van der Waals surface area contributed by atoms with Crippen LogP contribution in [0.2, 0.25) is 0 Å². The van der Waals surface area contributed by atoms with Crippen LogP contribution in [0.1, 0.15) is 44.6 Å². The first-order valence-corrected chi connectivity index (χ1v) is 7.28. The topological polar surface area (TPSA) is 12.0 Å². The largest absolute Gasteiger partial charge is 0.310 e. The van der Waals surface area contributed by atoms with E-state index in [2.05, 4.69) is 49.2 Å². The lowest BCUT2D eigenvalue weighted by molar-refractivity contribution is 0.263. The summed E-state index contributed by atoms with van der Waals surface area (Å²) in [6, 6.07) is 11.2. The maximum Gasteiger partial charge on any atom is 0.0208 e. The van der Waals surface area contributed by atoms with Gasteiger partial charge in [0.05, 0.1) is 0 Å². The van der Waals surface area contributed by atoms with Crippen molar-refractivity contribution in [2.45, 2.75) is 45.1 Å². The predicted molar refractivity (Wildman–Crippen MR) is 79.5 cm³/mol. The highest BCUT2D eigenvalue weighted by Gasteiger charge is 2.22. The molecule has 2 rings (SSSR count). The number of hydrogen-bond donors (Lipinski definition) is 1. The van der Waals surface area contributed by atoms with Crippen LogP contribution in [0.25, 0.3) is 5.57 Å². The second-order valence-corrected chi connectivity index (χ2v) is 5.41. The Labute approximate surface area is 111 Å². The van der Waals surface area contributed by atoms with Crippen molar-refractivity contribution >= 4 is 5.57 Å². The lowest BCUT2D eigenvalue weighted by atomic mass is 9.83. The molecule has 1 aromatic rings. The number of nitrogens with one attached hydrogen (secondary N) is 1. The summed E-state index contributed by atoms with van der Waals surface area (Å²) >= 11 is 0. The first-order valence-electron chi connectivity index (χ1n) is 7.28. The van der Waals surface area contributed by atoms with Crippen LogP contribution in [-0.2, 0) is 0 Å². The molecule has 18 heavy (non-hydrogen) atoms. The van der Waals surface area contributed by atoms with E-state index in [0.29, 0.717) is 6.04 Å². The number of benzene rings is 1. The number of hydrogen-bond acceptors (Lipinski definition) is 1. The van der Waals surface area contributed by atoms with Gasteiger partial charge >= 0.3 is 0 Å². The molecule has 0 aromatic heterocycles. The van der Waals surface area contributed by atoms with E-state index in [1.54, 1.807) is 0 Å². The molecule has 0 saturated heterocycles. The van der Waals surface area contributed by atoms with Gasteiger partial charge in [0, 0.05) is 12.6 Å². The molecule has 1 nitrogen and oxygen atoms in total. The quantitative estimate of drug-likeness (QED) is 0.815. The van der Waals surface area contributed by atoms with Crippen LogP contribution in [0.3, 0.4) is 0 Å². The summed E-state index contributed by atoms with van der Waals surface area (Å²) in [5, 5.41) is 3.72. The third-order valence-electron chi connectivity index (χ3n) is 4.19.